The molecule has 0 aromatic heterocycles. The molecule has 0 bridgehead atoms. The van der Waals surface area contributed by atoms with Gasteiger partial charge in [0.05, 0.1) is 20.7 Å². The van der Waals surface area contributed by atoms with Crippen LogP contribution in [0.1, 0.15) is 19.3 Å². The van der Waals surface area contributed by atoms with Crippen molar-refractivity contribution in [3.63, 3.8) is 0 Å². The summed E-state index contributed by atoms with van der Waals surface area (Å²) < 4.78 is 4.95. The van der Waals surface area contributed by atoms with Gasteiger partial charge in [-0.05, 0) is 19.3 Å². The van der Waals surface area contributed by atoms with Crippen LogP contribution in [0, 0.1) is 10.1 Å². The van der Waals surface area contributed by atoms with Crippen molar-refractivity contribution in [3.05, 3.63) is 32.3 Å². The van der Waals surface area contributed by atoms with Crippen LogP contribution in [0.4, 0.5) is 11.4 Å². The first kappa shape index (κ1) is 16.0. The van der Waals surface area contributed by atoms with Gasteiger partial charge in [0.25, 0.3) is 5.69 Å². The Morgan fingerprint density at radius 3 is 2.42 bits per heavy atom. The molecule has 106 valence electrons. The van der Waals surface area contributed by atoms with Crippen molar-refractivity contribution in [1.82, 2.24) is 0 Å². The highest BCUT2D eigenvalue weighted by molar-refractivity contribution is 6.39. The van der Waals surface area contributed by atoms with E-state index in [-0.39, 0.29) is 15.7 Å². The summed E-state index contributed by atoms with van der Waals surface area (Å²) in [7, 11) is 1.68. The van der Waals surface area contributed by atoms with Crippen molar-refractivity contribution >= 4 is 34.6 Å². The van der Waals surface area contributed by atoms with E-state index >= 15 is 0 Å². The molecular formula is C12H16Cl2N2O3. The number of nitro groups is 1. The third kappa shape index (κ3) is 5.22. The fourth-order valence-electron chi connectivity index (χ4n) is 1.60. The predicted molar refractivity (Wildman–Crippen MR) is 77.3 cm³/mol. The van der Waals surface area contributed by atoms with Crippen LogP contribution in [0.2, 0.25) is 10.0 Å². The number of non-ortho nitro benzene ring substituents is 1. The summed E-state index contributed by atoms with van der Waals surface area (Å²) in [6.45, 7) is 1.46. The van der Waals surface area contributed by atoms with Crippen LogP contribution in [-0.2, 0) is 4.74 Å². The lowest BCUT2D eigenvalue weighted by molar-refractivity contribution is -0.384. The van der Waals surface area contributed by atoms with Crippen molar-refractivity contribution in [2.24, 2.45) is 0 Å². The van der Waals surface area contributed by atoms with Gasteiger partial charge >= 0.3 is 0 Å². The number of nitrogens with zero attached hydrogens (tertiary/aromatic N) is 1. The van der Waals surface area contributed by atoms with E-state index in [0.717, 1.165) is 25.9 Å². The molecule has 0 aliphatic rings. The minimum atomic E-state index is -0.522. The van der Waals surface area contributed by atoms with Gasteiger partial charge in [0.15, 0.2) is 0 Å². The van der Waals surface area contributed by atoms with Crippen molar-refractivity contribution in [2.75, 3.05) is 25.6 Å². The van der Waals surface area contributed by atoms with Crippen LogP contribution < -0.4 is 5.32 Å². The summed E-state index contributed by atoms with van der Waals surface area (Å²) in [4.78, 5) is 10.1. The van der Waals surface area contributed by atoms with Crippen molar-refractivity contribution in [2.45, 2.75) is 19.3 Å². The minimum absolute atomic E-state index is 0.111. The Morgan fingerprint density at radius 2 is 1.89 bits per heavy atom. The summed E-state index contributed by atoms with van der Waals surface area (Å²) in [6, 6.07) is 2.58. The molecule has 1 rings (SSSR count). The third-order valence-electron chi connectivity index (χ3n) is 2.56. The molecule has 1 aromatic rings. The number of methoxy groups -OCH3 is 1. The molecule has 0 radical (unpaired) electrons. The van der Waals surface area contributed by atoms with Gasteiger partial charge in [-0.1, -0.05) is 23.2 Å². The summed E-state index contributed by atoms with van der Waals surface area (Å²) in [5, 5.41) is 14.3. The van der Waals surface area contributed by atoms with E-state index in [1.807, 2.05) is 0 Å². The lowest BCUT2D eigenvalue weighted by Crippen LogP contribution is -2.03. The zero-order valence-electron chi connectivity index (χ0n) is 10.6. The average Bonchev–Trinajstić information content (AvgIpc) is 2.35. The molecule has 0 saturated carbocycles. The Balaban J connectivity index is 2.52. The third-order valence-corrected chi connectivity index (χ3v) is 3.16. The van der Waals surface area contributed by atoms with Crippen molar-refractivity contribution in [3.8, 4) is 0 Å². The first-order valence-corrected chi connectivity index (χ1v) is 6.68. The first-order chi connectivity index (χ1) is 9.06. The number of benzene rings is 1. The molecule has 1 N–H and O–H groups in total. The maximum Gasteiger partial charge on any atom is 0.272 e. The van der Waals surface area contributed by atoms with Crippen LogP contribution in [0.25, 0.3) is 0 Å². The first-order valence-electron chi connectivity index (χ1n) is 5.92. The van der Waals surface area contributed by atoms with Crippen LogP contribution in [0.5, 0.6) is 0 Å². The maximum absolute atomic E-state index is 10.6. The molecule has 0 fully saturated rings. The standard InChI is InChI=1S/C12H16Cl2N2O3/c1-19-6-4-2-3-5-15-12-10(13)7-9(16(17)18)8-11(12)14/h7-8,15H,2-6H2,1H3. The molecule has 5 nitrogen and oxygen atoms in total. The molecule has 0 unspecified atom stereocenters. The Kier molecular flexibility index (Phi) is 6.91. The summed E-state index contributed by atoms with van der Waals surface area (Å²) in [6.07, 6.45) is 2.98. The normalized spacial score (nSPS) is 10.5. The highest BCUT2D eigenvalue weighted by atomic mass is 35.5. The summed E-state index contributed by atoms with van der Waals surface area (Å²) >= 11 is 11.9. The summed E-state index contributed by atoms with van der Waals surface area (Å²) in [5.41, 5.74) is 0.432. The lowest BCUT2D eigenvalue weighted by Gasteiger charge is -2.10. The molecular weight excluding hydrogens is 291 g/mol. The monoisotopic (exact) mass is 306 g/mol. The van der Waals surface area contributed by atoms with Crippen molar-refractivity contribution < 1.29 is 9.66 Å². The number of unbranched alkanes of at least 4 members (excludes halogenated alkanes) is 2. The predicted octanol–water partition coefficient (Wildman–Crippen LogP) is 4.13. The molecule has 19 heavy (non-hydrogen) atoms. The quantitative estimate of drug-likeness (QED) is 0.445. The summed E-state index contributed by atoms with van der Waals surface area (Å²) in [5.74, 6) is 0. The molecule has 0 aliphatic heterocycles. The zero-order valence-corrected chi connectivity index (χ0v) is 12.1. The Labute approximate surface area is 122 Å². The van der Waals surface area contributed by atoms with Gasteiger partial charge in [-0.3, -0.25) is 10.1 Å². The van der Waals surface area contributed by atoms with Gasteiger partial charge < -0.3 is 10.1 Å². The van der Waals surface area contributed by atoms with Gasteiger partial charge in [0.1, 0.15) is 0 Å². The van der Waals surface area contributed by atoms with E-state index in [1.165, 1.54) is 12.1 Å². The topological polar surface area (TPSA) is 64.4 Å². The maximum atomic E-state index is 10.6. The van der Waals surface area contributed by atoms with Gasteiger partial charge in [0, 0.05) is 32.4 Å². The van der Waals surface area contributed by atoms with E-state index in [2.05, 4.69) is 5.32 Å². The molecule has 0 saturated heterocycles. The largest absolute Gasteiger partial charge is 0.385 e. The van der Waals surface area contributed by atoms with Crippen LogP contribution in [0.3, 0.4) is 0 Å². The second-order valence-electron chi connectivity index (χ2n) is 4.02. The molecule has 0 spiro atoms. The second kappa shape index (κ2) is 8.19. The Morgan fingerprint density at radius 1 is 1.26 bits per heavy atom. The van der Waals surface area contributed by atoms with Gasteiger partial charge in [-0.25, -0.2) is 0 Å². The molecule has 0 heterocycles. The zero-order chi connectivity index (χ0) is 14.3. The molecule has 1 aromatic carbocycles. The average molecular weight is 307 g/mol. The number of ether oxygens (including phenoxy) is 1. The number of halogens is 2. The lowest BCUT2D eigenvalue weighted by atomic mass is 10.2. The van der Waals surface area contributed by atoms with Crippen LogP contribution in [0.15, 0.2) is 12.1 Å². The number of hydrogen-bond acceptors (Lipinski definition) is 4. The number of nitro benzene ring substituents is 1. The molecule has 0 amide bonds. The second-order valence-corrected chi connectivity index (χ2v) is 4.84. The number of anilines is 1. The van der Waals surface area contributed by atoms with E-state index in [4.69, 9.17) is 27.9 Å². The minimum Gasteiger partial charge on any atom is -0.385 e. The van der Waals surface area contributed by atoms with Crippen LogP contribution >= 0.6 is 23.2 Å². The van der Waals surface area contributed by atoms with E-state index in [9.17, 15) is 10.1 Å². The SMILES string of the molecule is COCCCCCNc1c(Cl)cc([N+](=O)[O-])cc1Cl. The number of nitrogens with one attached hydrogen (secondary N) is 1. The van der Waals surface area contributed by atoms with Crippen LogP contribution in [-0.4, -0.2) is 25.2 Å². The van der Waals surface area contributed by atoms with E-state index < -0.39 is 4.92 Å². The Bertz CT molecular complexity index is 418. The molecule has 0 aliphatic carbocycles. The highest BCUT2D eigenvalue weighted by Crippen LogP contribution is 2.34. The number of hydrogen-bond donors (Lipinski definition) is 1. The fourth-order valence-corrected chi connectivity index (χ4v) is 2.20. The van der Waals surface area contributed by atoms with Gasteiger partial charge in [0.2, 0.25) is 0 Å². The van der Waals surface area contributed by atoms with E-state index in [1.54, 1.807) is 7.11 Å². The number of rotatable bonds is 8. The molecule has 7 heteroatoms. The fraction of sp³-hybridized carbons (Fsp3) is 0.500. The Hall–Kier alpha value is -1.04. The smallest absolute Gasteiger partial charge is 0.272 e. The highest BCUT2D eigenvalue weighted by Gasteiger charge is 2.13. The van der Waals surface area contributed by atoms with Gasteiger partial charge in [-0.2, -0.15) is 0 Å². The molecule has 0 atom stereocenters. The van der Waals surface area contributed by atoms with Gasteiger partial charge in [-0.15, -0.1) is 0 Å². The van der Waals surface area contributed by atoms with Crippen molar-refractivity contribution in [1.29, 1.82) is 0 Å². The van der Waals surface area contributed by atoms with E-state index in [0.29, 0.717) is 12.2 Å².